The van der Waals surface area contributed by atoms with Crippen molar-refractivity contribution in [1.29, 1.82) is 0 Å². The number of carboxylic acids is 2. The first kappa shape index (κ1) is 52.9. The number of benzene rings is 5. The average molecular weight is 1050 g/mol. The minimum absolute atomic E-state index is 0.0757. The number of aromatic hydroxyl groups is 1. The molecule has 4 aliphatic rings. The van der Waals surface area contributed by atoms with Crippen LogP contribution >= 0.6 is 12.0 Å². The van der Waals surface area contributed by atoms with Crippen LogP contribution in [0, 0.1) is 0 Å². The van der Waals surface area contributed by atoms with E-state index in [1.54, 1.807) is 6.07 Å². The van der Waals surface area contributed by atoms with Crippen LogP contribution in [0.1, 0.15) is 97.7 Å². The van der Waals surface area contributed by atoms with Crippen molar-refractivity contribution >= 4 is 68.1 Å². The Labute approximate surface area is 430 Å². The molecule has 384 valence electrons. The summed E-state index contributed by atoms with van der Waals surface area (Å²) in [4.78, 5) is 53.0. The summed E-state index contributed by atoms with van der Waals surface area (Å²) in [5, 5.41) is 46.5. The second kappa shape index (κ2) is 21.2. The molecule has 74 heavy (non-hydrogen) atoms. The Kier molecular flexibility index (Phi) is 15.2. The minimum Gasteiger partial charge on any atom is -0.507 e. The number of phenolic OH excluding ortho intramolecular Hbond substituents is 1. The largest absolute Gasteiger partial charge is 0.507 e. The third-order valence-electron chi connectivity index (χ3n) is 13.7. The number of carboxylic acid groups (broad SMARTS) is 2. The lowest BCUT2D eigenvalue weighted by atomic mass is 9.81. The molecule has 4 aromatic rings. The van der Waals surface area contributed by atoms with Crippen LogP contribution in [0.15, 0.2) is 140 Å². The van der Waals surface area contributed by atoms with E-state index in [1.807, 2.05) is 67.0 Å². The van der Waals surface area contributed by atoms with Gasteiger partial charge in [0.15, 0.2) is 16.0 Å². The van der Waals surface area contributed by atoms with E-state index in [0.717, 1.165) is 57.8 Å². The van der Waals surface area contributed by atoms with E-state index in [2.05, 4.69) is 46.4 Å². The van der Waals surface area contributed by atoms with Crippen molar-refractivity contribution in [3.05, 3.63) is 159 Å². The molecule has 0 spiro atoms. The van der Waals surface area contributed by atoms with Crippen molar-refractivity contribution in [2.45, 2.75) is 87.5 Å². The summed E-state index contributed by atoms with van der Waals surface area (Å²) < 4.78 is 48.8. The molecule has 6 N–H and O–H groups in total. The number of amides is 1. The summed E-state index contributed by atoms with van der Waals surface area (Å²) in [7, 11) is -4.62. The summed E-state index contributed by atoms with van der Waals surface area (Å²) in [6, 6.07) is 21.3. The zero-order chi connectivity index (χ0) is 53.3. The van der Waals surface area contributed by atoms with Gasteiger partial charge in [-0.05, 0) is 111 Å². The van der Waals surface area contributed by atoms with Gasteiger partial charge in [-0.15, -0.1) is 4.33 Å². The quantitative estimate of drug-likeness (QED) is 0.00645. The molecule has 4 aromatic carbocycles. The van der Waals surface area contributed by atoms with Crippen LogP contribution in [0.4, 0.5) is 11.4 Å². The number of anilines is 1. The van der Waals surface area contributed by atoms with Gasteiger partial charge in [0.25, 0.3) is 0 Å². The zero-order valence-electron chi connectivity index (χ0n) is 41.0. The molecule has 0 saturated heterocycles. The number of nitrogens with one attached hydrogen (secondary N) is 1. The van der Waals surface area contributed by atoms with Crippen LogP contribution in [0.3, 0.4) is 0 Å². The van der Waals surface area contributed by atoms with Crippen LogP contribution in [0.2, 0.25) is 0 Å². The van der Waals surface area contributed by atoms with E-state index in [0.29, 0.717) is 48.0 Å². The summed E-state index contributed by atoms with van der Waals surface area (Å²) in [6.07, 6.45) is 11.4. The van der Waals surface area contributed by atoms with Crippen molar-refractivity contribution in [3.63, 3.8) is 0 Å². The lowest BCUT2D eigenvalue weighted by Crippen LogP contribution is -2.28. The Hall–Kier alpha value is -7.39. The van der Waals surface area contributed by atoms with Crippen LogP contribution in [-0.4, -0.2) is 74.8 Å². The number of carbonyl (C=O) groups excluding carboxylic acids is 1. The first-order valence-electron chi connectivity index (χ1n) is 23.7. The molecule has 8 rings (SSSR count). The summed E-state index contributed by atoms with van der Waals surface area (Å²) >= 11 is 0.902. The number of fused-ring (bicyclic) bond motifs is 4. The van der Waals surface area contributed by atoms with Gasteiger partial charge in [-0.2, -0.15) is 13.0 Å². The number of unbranched alkanes of at least 4 members (excludes halogenated alkanes) is 2. The van der Waals surface area contributed by atoms with Gasteiger partial charge in [-0.25, -0.2) is 14.8 Å². The number of likely N-dealkylation sites (N-methyl/N-ethyl adjacent to an activating group) is 1. The Morgan fingerprint density at radius 2 is 1.64 bits per heavy atom. The molecule has 0 aromatic heterocycles. The summed E-state index contributed by atoms with van der Waals surface area (Å²) in [5.74, 6) is -3.21. The fourth-order valence-electron chi connectivity index (χ4n) is 10.1. The van der Waals surface area contributed by atoms with Crippen molar-refractivity contribution in [2.24, 2.45) is 0 Å². The van der Waals surface area contributed by atoms with E-state index in [1.165, 1.54) is 48.5 Å². The topological polar surface area (TPSA) is 253 Å². The van der Waals surface area contributed by atoms with Gasteiger partial charge in [0.2, 0.25) is 11.6 Å². The second-order valence-corrected chi connectivity index (χ2v) is 21.1. The van der Waals surface area contributed by atoms with Gasteiger partial charge in [0, 0.05) is 75.3 Å². The highest BCUT2D eigenvalue weighted by molar-refractivity contribution is 7.94. The number of para-hydroxylation sites is 1. The number of carbonyl (C=O) groups is 3. The van der Waals surface area contributed by atoms with Gasteiger partial charge in [-0.3, -0.25) is 14.1 Å². The van der Waals surface area contributed by atoms with Gasteiger partial charge in [-0.1, -0.05) is 55.3 Å². The molecule has 0 fully saturated rings. The molecule has 0 atom stereocenters. The van der Waals surface area contributed by atoms with Gasteiger partial charge >= 0.3 is 22.1 Å². The first-order chi connectivity index (χ1) is 35.2. The molecule has 0 saturated carbocycles. The standard InChI is InChI=1S/C55H53N3O14S2/c1-6-57-42-25-21-34(73-72-71-66)30-41(42)55(4,5)46(57)16-9-7-10-17-47-54(2,3)40-14-13-15-45(74(67,68)69)50(40)58(47)27-12-8-11-18-48(61)56-31-39-43(60)26-24-37-49(36-23-20-33(59)29-44(36)70-51(37)39)35-22-19-32(52(62)63)28-38(35)53(64)65/h7,9-10,13-17,19-26,28-30H,6,8,11-12,18,27,31H2,1-5H3,(H5-,56,59,60,61,62,63,64,65,66,67,68,69)/p+1. The fourth-order valence-corrected chi connectivity index (χ4v) is 11.2. The van der Waals surface area contributed by atoms with Crippen LogP contribution in [-0.2, 0) is 41.7 Å². The van der Waals surface area contributed by atoms with E-state index in [9.17, 15) is 47.5 Å². The molecule has 1 amide bonds. The number of allylic oxidation sites excluding steroid dienone is 6. The van der Waals surface area contributed by atoms with Crippen molar-refractivity contribution in [3.8, 4) is 28.2 Å². The maximum absolute atomic E-state index is 13.4. The van der Waals surface area contributed by atoms with E-state index in [4.69, 9.17) is 9.67 Å². The lowest BCUT2D eigenvalue weighted by Gasteiger charge is -2.25. The Bertz CT molecular complexity index is 3520. The van der Waals surface area contributed by atoms with E-state index in [-0.39, 0.29) is 68.5 Å². The van der Waals surface area contributed by atoms with E-state index < -0.39 is 32.9 Å². The fraction of sp³-hybridized carbons (Fsp3) is 0.255. The zero-order valence-corrected chi connectivity index (χ0v) is 42.7. The molecule has 0 unspecified atom stereocenters. The van der Waals surface area contributed by atoms with Gasteiger partial charge in [0.05, 0.1) is 40.7 Å². The lowest BCUT2D eigenvalue weighted by molar-refractivity contribution is -0.441. The molecule has 19 heteroatoms. The van der Waals surface area contributed by atoms with Crippen molar-refractivity contribution < 1.29 is 66.3 Å². The maximum Gasteiger partial charge on any atom is 0.336 e. The van der Waals surface area contributed by atoms with Crippen LogP contribution in [0.25, 0.3) is 33.4 Å². The highest BCUT2D eigenvalue weighted by atomic mass is 32.2. The first-order valence-corrected chi connectivity index (χ1v) is 25.8. The number of rotatable bonds is 19. The average Bonchev–Trinajstić information content (AvgIpc) is 3.71. The Balaban J connectivity index is 0.994. The van der Waals surface area contributed by atoms with E-state index >= 15 is 0 Å². The molecule has 1 aliphatic carbocycles. The summed E-state index contributed by atoms with van der Waals surface area (Å²) in [5.41, 5.74) is 4.21. The monoisotopic (exact) mass is 1040 g/mol. The van der Waals surface area contributed by atoms with Crippen molar-refractivity contribution in [1.82, 2.24) is 5.32 Å². The molecular weight excluding hydrogens is 991 g/mol. The highest BCUT2D eigenvalue weighted by Gasteiger charge is 2.47. The third kappa shape index (κ3) is 10.3. The normalized spacial score (nSPS) is 15.5. The van der Waals surface area contributed by atoms with Gasteiger partial charge in [0.1, 0.15) is 23.6 Å². The SMILES string of the molecule is CCN1/C(=C/C=C/C=C/C2=[N+](CCCCCC(=O)NCc3c(O)ccc4c(-c5ccc(C(=O)O)cc5C(=O)O)c5ccc(=O)cc-5oc34)c3c(cccc3S(=O)(=O)O)C2(C)C)C(C)(C)c2cc(SOOO)ccc21. The second-order valence-electron chi connectivity index (χ2n) is 18.9. The molecular formula is C55H54N3O14S2+. The van der Waals surface area contributed by atoms with Crippen LogP contribution < -0.4 is 15.6 Å². The van der Waals surface area contributed by atoms with Crippen molar-refractivity contribution in [2.75, 3.05) is 18.0 Å². The molecule has 3 heterocycles. The number of nitrogens with zero attached hydrogens (tertiary/aromatic N) is 2. The maximum atomic E-state index is 13.4. The number of phenols is 1. The summed E-state index contributed by atoms with van der Waals surface area (Å²) in [6.45, 7) is 11.2. The molecule has 17 nitrogen and oxygen atoms in total. The van der Waals surface area contributed by atoms with Gasteiger partial charge < -0.3 is 30.0 Å². The predicted octanol–water partition coefficient (Wildman–Crippen LogP) is 10.4. The Morgan fingerprint density at radius 3 is 2.35 bits per heavy atom. The number of aromatic carboxylic acids is 2. The minimum atomic E-state index is -4.62. The molecule has 0 radical (unpaired) electrons. The predicted molar refractivity (Wildman–Crippen MR) is 279 cm³/mol. The molecule has 0 bridgehead atoms. The van der Waals surface area contributed by atoms with Crippen LogP contribution in [0.5, 0.6) is 5.75 Å². The highest BCUT2D eigenvalue weighted by Crippen LogP contribution is 2.49. The Morgan fingerprint density at radius 1 is 0.865 bits per heavy atom. The smallest absolute Gasteiger partial charge is 0.336 e. The third-order valence-corrected chi connectivity index (χ3v) is 15.1. The number of hydrogen-bond donors (Lipinski definition) is 6. The molecule has 3 aliphatic heterocycles. The number of hydrogen-bond acceptors (Lipinski definition) is 13.